The molecule has 0 aliphatic heterocycles. The predicted octanol–water partition coefficient (Wildman–Crippen LogP) is 2.36. The first kappa shape index (κ1) is 13.8. The molecule has 0 saturated carbocycles. The summed E-state index contributed by atoms with van der Waals surface area (Å²) in [5, 5.41) is 0.609. The van der Waals surface area contributed by atoms with Gasteiger partial charge in [-0.3, -0.25) is 4.99 Å². The van der Waals surface area contributed by atoms with E-state index in [2.05, 4.69) is 10.4 Å². The number of nitrogens with one attached hydrogen (secondary N) is 1. The van der Waals surface area contributed by atoms with E-state index < -0.39 is 0 Å². The van der Waals surface area contributed by atoms with Crippen LogP contribution in [0.5, 0.6) is 5.75 Å². The first-order chi connectivity index (χ1) is 7.87. The van der Waals surface area contributed by atoms with Crippen molar-refractivity contribution in [2.24, 2.45) is 10.8 Å². The van der Waals surface area contributed by atoms with Gasteiger partial charge in [0.05, 0.1) is 18.2 Å². The van der Waals surface area contributed by atoms with Crippen LogP contribution in [0.25, 0.3) is 0 Å². The number of hydrazine groups is 1. The number of hydrogen-bond acceptors (Lipinski definition) is 3. The van der Waals surface area contributed by atoms with E-state index in [1.807, 2.05) is 26.8 Å². The molecule has 94 valence electrons. The Morgan fingerprint density at radius 3 is 2.53 bits per heavy atom. The number of hydrogen-bond donors (Lipinski definition) is 2. The maximum atomic E-state index is 5.91. The maximum Gasteiger partial charge on any atom is 0.146 e. The van der Waals surface area contributed by atoms with Gasteiger partial charge in [0.1, 0.15) is 11.6 Å². The van der Waals surface area contributed by atoms with Gasteiger partial charge in [-0.1, -0.05) is 11.6 Å². The minimum Gasteiger partial charge on any atom is -0.496 e. The first-order valence-corrected chi connectivity index (χ1v) is 5.65. The van der Waals surface area contributed by atoms with Crippen molar-refractivity contribution in [3.05, 3.63) is 28.8 Å². The zero-order valence-electron chi connectivity index (χ0n) is 10.5. The summed E-state index contributed by atoms with van der Waals surface area (Å²) >= 11 is 5.91. The van der Waals surface area contributed by atoms with Crippen LogP contribution in [0, 0.1) is 0 Å². The molecular weight excluding hydrogens is 238 g/mol. The fraction of sp³-hybridized carbons (Fsp3) is 0.417. The number of benzene rings is 1. The molecule has 4 nitrogen and oxygen atoms in total. The highest BCUT2D eigenvalue weighted by Crippen LogP contribution is 2.24. The van der Waals surface area contributed by atoms with Crippen LogP contribution in [0.1, 0.15) is 26.3 Å². The van der Waals surface area contributed by atoms with E-state index in [9.17, 15) is 0 Å². The molecule has 0 aliphatic rings. The van der Waals surface area contributed by atoms with Crippen molar-refractivity contribution in [1.29, 1.82) is 0 Å². The normalized spacial score (nSPS) is 12.5. The number of nitrogens with two attached hydrogens (primary N) is 1. The molecule has 0 amide bonds. The van der Waals surface area contributed by atoms with Crippen LogP contribution in [-0.2, 0) is 0 Å². The van der Waals surface area contributed by atoms with Crippen molar-refractivity contribution in [1.82, 2.24) is 5.43 Å². The number of rotatable bonds is 2. The van der Waals surface area contributed by atoms with Crippen LogP contribution in [0.2, 0.25) is 5.02 Å². The lowest BCUT2D eigenvalue weighted by molar-refractivity contribution is 0.413. The fourth-order valence-electron chi connectivity index (χ4n) is 1.37. The Kier molecular flexibility index (Phi) is 4.37. The summed E-state index contributed by atoms with van der Waals surface area (Å²) in [6, 6.07) is 5.33. The van der Waals surface area contributed by atoms with E-state index in [0.29, 0.717) is 16.6 Å². The van der Waals surface area contributed by atoms with Gasteiger partial charge in [-0.25, -0.2) is 5.84 Å². The molecule has 17 heavy (non-hydrogen) atoms. The van der Waals surface area contributed by atoms with Gasteiger partial charge in [-0.05, 0) is 39.0 Å². The average Bonchev–Trinajstić information content (AvgIpc) is 2.24. The first-order valence-electron chi connectivity index (χ1n) is 5.28. The Labute approximate surface area is 107 Å². The van der Waals surface area contributed by atoms with Crippen molar-refractivity contribution in [2.45, 2.75) is 26.3 Å². The fourth-order valence-corrected chi connectivity index (χ4v) is 1.53. The number of halogens is 1. The molecule has 0 unspecified atom stereocenters. The van der Waals surface area contributed by atoms with Crippen LogP contribution in [0.15, 0.2) is 23.2 Å². The second-order valence-electron chi connectivity index (χ2n) is 4.62. The van der Waals surface area contributed by atoms with Crippen molar-refractivity contribution in [3.8, 4) is 5.75 Å². The molecule has 0 heterocycles. The monoisotopic (exact) mass is 255 g/mol. The van der Waals surface area contributed by atoms with Gasteiger partial charge in [0.15, 0.2) is 0 Å². The molecule has 0 radical (unpaired) electrons. The number of nitrogens with zero attached hydrogens (tertiary/aromatic N) is 1. The maximum absolute atomic E-state index is 5.91. The quantitative estimate of drug-likeness (QED) is 0.369. The van der Waals surface area contributed by atoms with E-state index in [-0.39, 0.29) is 5.54 Å². The molecule has 0 aliphatic carbocycles. The van der Waals surface area contributed by atoms with Crippen LogP contribution in [0.3, 0.4) is 0 Å². The Bertz CT molecular complexity index is 424. The van der Waals surface area contributed by atoms with Gasteiger partial charge in [-0.2, -0.15) is 0 Å². The van der Waals surface area contributed by atoms with Gasteiger partial charge < -0.3 is 10.2 Å². The van der Waals surface area contributed by atoms with Crippen LogP contribution >= 0.6 is 11.6 Å². The van der Waals surface area contributed by atoms with E-state index in [0.717, 1.165) is 5.56 Å². The summed E-state index contributed by atoms with van der Waals surface area (Å²) in [7, 11) is 1.58. The lowest BCUT2D eigenvalue weighted by atomic mass is 10.1. The van der Waals surface area contributed by atoms with Gasteiger partial charge >= 0.3 is 0 Å². The second kappa shape index (κ2) is 5.38. The van der Waals surface area contributed by atoms with Crippen molar-refractivity contribution < 1.29 is 4.74 Å². The van der Waals surface area contributed by atoms with Crippen molar-refractivity contribution in [2.75, 3.05) is 7.11 Å². The third kappa shape index (κ3) is 3.91. The summed E-state index contributed by atoms with van der Waals surface area (Å²) in [5.41, 5.74) is 3.15. The molecule has 0 aromatic heterocycles. The van der Waals surface area contributed by atoms with E-state index in [1.165, 1.54) is 0 Å². The summed E-state index contributed by atoms with van der Waals surface area (Å²) in [5.74, 6) is 6.72. The Hall–Kier alpha value is -1.26. The summed E-state index contributed by atoms with van der Waals surface area (Å²) in [6.07, 6.45) is 0. The number of methoxy groups -OCH3 is 1. The van der Waals surface area contributed by atoms with Crippen LogP contribution in [-0.4, -0.2) is 18.5 Å². The van der Waals surface area contributed by atoms with Crippen molar-refractivity contribution in [3.63, 3.8) is 0 Å². The molecule has 1 aromatic rings. The molecular formula is C12H18ClN3O. The van der Waals surface area contributed by atoms with Crippen LogP contribution < -0.4 is 16.0 Å². The van der Waals surface area contributed by atoms with Gasteiger partial charge in [0.2, 0.25) is 0 Å². The molecule has 0 bridgehead atoms. The summed E-state index contributed by atoms with van der Waals surface area (Å²) in [4.78, 5) is 4.49. The Balaban J connectivity index is 3.26. The zero-order valence-corrected chi connectivity index (χ0v) is 11.3. The van der Waals surface area contributed by atoms with Gasteiger partial charge in [-0.15, -0.1) is 0 Å². The lowest BCUT2D eigenvalue weighted by Crippen LogP contribution is -2.34. The summed E-state index contributed by atoms with van der Waals surface area (Å²) in [6.45, 7) is 5.98. The number of aliphatic imine (C=N–C) groups is 1. The minimum atomic E-state index is -0.230. The molecule has 1 rings (SSSR count). The third-order valence-electron chi connectivity index (χ3n) is 2.00. The van der Waals surface area contributed by atoms with E-state index in [4.69, 9.17) is 22.2 Å². The predicted molar refractivity (Wildman–Crippen MR) is 71.6 cm³/mol. The number of ether oxygens (including phenoxy) is 1. The van der Waals surface area contributed by atoms with Gasteiger partial charge in [0.25, 0.3) is 0 Å². The van der Waals surface area contributed by atoms with Crippen molar-refractivity contribution >= 4 is 17.4 Å². The van der Waals surface area contributed by atoms with E-state index >= 15 is 0 Å². The summed E-state index contributed by atoms with van der Waals surface area (Å²) < 4.78 is 5.26. The minimum absolute atomic E-state index is 0.230. The highest BCUT2D eigenvalue weighted by molar-refractivity contribution is 6.30. The SMILES string of the molecule is COc1cc(Cl)ccc1C(=NC(C)(C)C)NN. The molecule has 0 fully saturated rings. The highest BCUT2D eigenvalue weighted by Gasteiger charge is 2.14. The molecule has 1 aromatic carbocycles. The average molecular weight is 256 g/mol. The lowest BCUT2D eigenvalue weighted by Gasteiger charge is -2.17. The van der Waals surface area contributed by atoms with Crippen LogP contribution in [0.4, 0.5) is 0 Å². The number of amidine groups is 1. The standard InChI is InChI=1S/C12H18ClN3O/c1-12(2,3)15-11(16-14)9-6-5-8(13)7-10(9)17-4/h5-7H,14H2,1-4H3,(H,15,16). The molecule has 3 N–H and O–H groups in total. The Morgan fingerprint density at radius 2 is 2.06 bits per heavy atom. The highest BCUT2D eigenvalue weighted by atomic mass is 35.5. The Morgan fingerprint density at radius 1 is 1.41 bits per heavy atom. The largest absolute Gasteiger partial charge is 0.496 e. The molecule has 5 heteroatoms. The molecule has 0 spiro atoms. The second-order valence-corrected chi connectivity index (χ2v) is 5.06. The topological polar surface area (TPSA) is 59.6 Å². The molecule has 0 saturated heterocycles. The smallest absolute Gasteiger partial charge is 0.146 e. The third-order valence-corrected chi connectivity index (χ3v) is 2.24. The van der Waals surface area contributed by atoms with Gasteiger partial charge in [0, 0.05) is 5.02 Å². The molecule has 0 atom stereocenters. The van der Waals surface area contributed by atoms with E-state index in [1.54, 1.807) is 19.2 Å². The zero-order chi connectivity index (χ0) is 13.1.